The second-order valence-corrected chi connectivity index (χ2v) is 8.92. The molecule has 4 amide bonds. The van der Waals surface area contributed by atoms with E-state index in [1.54, 1.807) is 66.7 Å². The minimum absolute atomic E-state index is 0.177. The third-order valence-electron chi connectivity index (χ3n) is 5.58. The lowest BCUT2D eigenvalue weighted by molar-refractivity contribution is -0.121. The van der Waals surface area contributed by atoms with Crippen LogP contribution in [0.2, 0.25) is 0 Å². The van der Waals surface area contributed by atoms with Crippen molar-refractivity contribution in [2.45, 2.75) is 6.92 Å². The highest BCUT2D eigenvalue weighted by Crippen LogP contribution is 2.31. The lowest BCUT2D eigenvalue weighted by Crippen LogP contribution is -2.57. The van der Waals surface area contributed by atoms with Crippen LogP contribution in [-0.4, -0.2) is 17.8 Å². The molecule has 0 saturated carbocycles. The first kappa shape index (κ1) is 22.6. The Kier molecular flexibility index (Phi) is 5.93. The number of urea groups is 1. The number of carbonyl (C=O) groups excluding carboxylic acids is 3. The number of amides is 4. The van der Waals surface area contributed by atoms with Crippen LogP contribution in [0, 0.1) is 6.92 Å². The molecule has 1 aliphatic rings. The van der Waals surface area contributed by atoms with E-state index >= 15 is 0 Å². The van der Waals surface area contributed by atoms with Gasteiger partial charge in [-0.2, -0.15) is 0 Å². The molecule has 0 aliphatic carbocycles. The molecule has 4 aromatic rings. The summed E-state index contributed by atoms with van der Waals surface area (Å²) in [5, 5.41) is 0. The predicted octanol–water partition coefficient (Wildman–Crippen LogP) is 6.60. The monoisotopic (exact) mass is 526 g/mol. The van der Waals surface area contributed by atoms with Gasteiger partial charge in [-0.15, -0.1) is 0 Å². The molecule has 1 aromatic heterocycles. The molecule has 0 unspecified atom stereocenters. The van der Waals surface area contributed by atoms with Crippen molar-refractivity contribution >= 4 is 51.2 Å². The van der Waals surface area contributed by atoms with E-state index in [-0.39, 0.29) is 5.57 Å². The first-order chi connectivity index (χ1) is 16.9. The molecule has 172 valence electrons. The van der Waals surface area contributed by atoms with Crippen molar-refractivity contribution in [1.29, 1.82) is 0 Å². The summed E-state index contributed by atoms with van der Waals surface area (Å²) in [7, 11) is 0. The van der Waals surface area contributed by atoms with Crippen LogP contribution in [0.25, 0.3) is 17.4 Å². The first-order valence-electron chi connectivity index (χ1n) is 10.8. The molecular weight excluding hydrogens is 508 g/mol. The summed E-state index contributed by atoms with van der Waals surface area (Å²) in [6, 6.07) is 25.8. The molecule has 5 rings (SSSR count). The minimum Gasteiger partial charge on any atom is -0.457 e. The van der Waals surface area contributed by atoms with Crippen LogP contribution < -0.4 is 9.80 Å². The molecule has 0 radical (unpaired) electrons. The van der Waals surface area contributed by atoms with Gasteiger partial charge in [0.15, 0.2) is 0 Å². The molecule has 35 heavy (non-hydrogen) atoms. The number of carbonyl (C=O) groups is 3. The summed E-state index contributed by atoms with van der Waals surface area (Å²) in [6.07, 6.45) is 1.38. The van der Waals surface area contributed by atoms with Crippen LogP contribution in [0.15, 0.2) is 105 Å². The molecule has 7 heteroatoms. The number of benzene rings is 3. The maximum atomic E-state index is 13.5. The van der Waals surface area contributed by atoms with Gasteiger partial charge >= 0.3 is 6.03 Å². The van der Waals surface area contributed by atoms with Crippen molar-refractivity contribution < 1.29 is 18.8 Å². The number of hydrogen-bond donors (Lipinski definition) is 0. The second-order valence-electron chi connectivity index (χ2n) is 8.01. The predicted molar refractivity (Wildman–Crippen MR) is 138 cm³/mol. The number of furan rings is 1. The summed E-state index contributed by atoms with van der Waals surface area (Å²) in [6.45, 7) is 1.91. The highest BCUT2D eigenvalue weighted by atomic mass is 79.9. The van der Waals surface area contributed by atoms with Gasteiger partial charge in [0.25, 0.3) is 11.8 Å². The summed E-state index contributed by atoms with van der Waals surface area (Å²) in [4.78, 5) is 42.3. The molecule has 2 heterocycles. The van der Waals surface area contributed by atoms with Crippen LogP contribution in [-0.2, 0) is 9.59 Å². The van der Waals surface area contributed by atoms with Gasteiger partial charge in [0.1, 0.15) is 17.1 Å². The van der Waals surface area contributed by atoms with E-state index in [9.17, 15) is 14.4 Å². The number of barbiturate groups is 1. The molecule has 0 bridgehead atoms. The fourth-order valence-electron chi connectivity index (χ4n) is 3.83. The third kappa shape index (κ3) is 4.34. The number of rotatable bonds is 4. The van der Waals surface area contributed by atoms with Crippen LogP contribution in [0.4, 0.5) is 16.2 Å². The molecule has 1 saturated heterocycles. The molecule has 1 fully saturated rings. The average Bonchev–Trinajstić information content (AvgIpc) is 3.33. The lowest BCUT2D eigenvalue weighted by Gasteiger charge is -2.33. The Morgan fingerprint density at radius 3 is 2.06 bits per heavy atom. The zero-order valence-corrected chi connectivity index (χ0v) is 20.2. The maximum absolute atomic E-state index is 13.5. The Labute approximate surface area is 210 Å². The van der Waals surface area contributed by atoms with E-state index in [0.29, 0.717) is 22.9 Å². The third-order valence-corrected chi connectivity index (χ3v) is 6.07. The zero-order valence-electron chi connectivity index (χ0n) is 18.6. The fourth-order valence-corrected chi connectivity index (χ4v) is 4.22. The number of imide groups is 2. The van der Waals surface area contributed by atoms with E-state index in [1.165, 1.54) is 6.08 Å². The van der Waals surface area contributed by atoms with Crippen LogP contribution in [0.5, 0.6) is 0 Å². The van der Waals surface area contributed by atoms with Crippen molar-refractivity contribution in [3.8, 4) is 11.3 Å². The van der Waals surface area contributed by atoms with Gasteiger partial charge in [-0.25, -0.2) is 14.6 Å². The van der Waals surface area contributed by atoms with Crippen molar-refractivity contribution in [2.75, 3.05) is 9.80 Å². The van der Waals surface area contributed by atoms with E-state index < -0.39 is 17.8 Å². The lowest BCUT2D eigenvalue weighted by atomic mass is 10.1. The van der Waals surface area contributed by atoms with E-state index in [0.717, 1.165) is 25.4 Å². The van der Waals surface area contributed by atoms with E-state index in [4.69, 9.17) is 4.42 Å². The molecule has 0 N–H and O–H groups in total. The van der Waals surface area contributed by atoms with Gasteiger partial charge in [-0.1, -0.05) is 64.0 Å². The number of aryl methyl sites for hydroxylation is 1. The Morgan fingerprint density at radius 1 is 0.743 bits per heavy atom. The largest absolute Gasteiger partial charge is 0.457 e. The van der Waals surface area contributed by atoms with Crippen LogP contribution in [0.1, 0.15) is 11.3 Å². The van der Waals surface area contributed by atoms with Gasteiger partial charge in [0.05, 0.1) is 11.4 Å². The maximum Gasteiger partial charge on any atom is 0.343 e. The Balaban J connectivity index is 1.59. The summed E-state index contributed by atoms with van der Waals surface area (Å²) >= 11 is 3.44. The number of nitrogens with zero attached hydrogens (tertiary/aromatic N) is 2. The topological polar surface area (TPSA) is 70.8 Å². The van der Waals surface area contributed by atoms with Crippen LogP contribution in [0.3, 0.4) is 0 Å². The van der Waals surface area contributed by atoms with Crippen LogP contribution >= 0.6 is 15.9 Å². The Bertz CT molecular complexity index is 1470. The normalized spacial score (nSPS) is 15.3. The fraction of sp³-hybridized carbons (Fsp3) is 0.0357. The van der Waals surface area contributed by atoms with Gasteiger partial charge in [0.2, 0.25) is 0 Å². The quantitative estimate of drug-likeness (QED) is 0.222. The van der Waals surface area contributed by atoms with Gasteiger partial charge in [-0.05, 0) is 61.5 Å². The molecule has 1 aliphatic heterocycles. The van der Waals surface area contributed by atoms with Gasteiger partial charge in [-0.3, -0.25) is 9.59 Å². The molecule has 0 spiro atoms. The SMILES string of the molecule is Cc1ccc(N2C(=O)/C(=C/c3ccc(-c4cccc(Br)c4)o3)C(=O)N(c3ccccc3)C2=O)cc1. The molecule has 0 atom stereocenters. The van der Waals surface area contributed by atoms with Crippen molar-refractivity contribution in [2.24, 2.45) is 0 Å². The molecule has 6 nitrogen and oxygen atoms in total. The minimum atomic E-state index is -0.735. The summed E-state index contributed by atoms with van der Waals surface area (Å²) in [5.74, 6) is -0.519. The number of hydrogen-bond acceptors (Lipinski definition) is 4. The second kappa shape index (κ2) is 9.19. The summed E-state index contributed by atoms with van der Waals surface area (Å²) < 4.78 is 6.82. The highest BCUT2D eigenvalue weighted by molar-refractivity contribution is 9.10. The number of halogens is 1. The van der Waals surface area contributed by atoms with Crippen molar-refractivity contribution in [3.63, 3.8) is 0 Å². The zero-order chi connectivity index (χ0) is 24.5. The van der Waals surface area contributed by atoms with E-state index in [1.807, 2.05) is 31.2 Å². The van der Waals surface area contributed by atoms with Crippen molar-refractivity contribution in [3.05, 3.63) is 112 Å². The van der Waals surface area contributed by atoms with Crippen molar-refractivity contribution in [1.82, 2.24) is 0 Å². The Hall–Kier alpha value is -4.23. The average molecular weight is 527 g/mol. The summed E-state index contributed by atoms with van der Waals surface area (Å²) in [5.41, 5.74) is 2.39. The smallest absolute Gasteiger partial charge is 0.343 e. The Morgan fingerprint density at radius 2 is 1.40 bits per heavy atom. The van der Waals surface area contributed by atoms with Gasteiger partial charge in [0, 0.05) is 10.0 Å². The van der Waals surface area contributed by atoms with E-state index in [2.05, 4.69) is 15.9 Å². The highest BCUT2D eigenvalue weighted by Gasteiger charge is 2.43. The standard InChI is InChI=1S/C28H19BrN2O4/c1-18-10-12-22(13-11-18)31-27(33)24(26(32)30(28(31)34)21-8-3-2-4-9-21)17-23-14-15-25(35-23)19-6-5-7-20(29)16-19/h2-17H,1H3/b24-17+. The van der Waals surface area contributed by atoms with Gasteiger partial charge < -0.3 is 4.42 Å². The molecular formula is C28H19BrN2O4. The molecule has 3 aromatic carbocycles. The first-order valence-corrected chi connectivity index (χ1v) is 11.6. The number of anilines is 2. The number of para-hydroxylation sites is 1.